The number of pyridine rings is 1. The molecule has 0 amide bonds. The molecule has 0 spiro atoms. The highest BCUT2D eigenvalue weighted by molar-refractivity contribution is 5.31. The smallest absolute Gasteiger partial charge is 0.181 e. The van der Waals surface area contributed by atoms with E-state index in [9.17, 15) is 5.21 Å². The molecule has 0 N–H and O–H groups in total. The van der Waals surface area contributed by atoms with Crippen LogP contribution in [-0.2, 0) is 0 Å². The lowest BCUT2D eigenvalue weighted by molar-refractivity contribution is -0.605. The van der Waals surface area contributed by atoms with Gasteiger partial charge in [0, 0.05) is 23.6 Å². The van der Waals surface area contributed by atoms with Gasteiger partial charge in [0.25, 0.3) is 0 Å². The van der Waals surface area contributed by atoms with Crippen LogP contribution in [0.5, 0.6) is 0 Å². The first-order valence-electron chi connectivity index (χ1n) is 3.89. The molecular weight excluding hydrogens is 150 g/mol. The molecule has 0 fully saturated rings. The van der Waals surface area contributed by atoms with Gasteiger partial charge in [-0.25, -0.2) is 0 Å². The van der Waals surface area contributed by atoms with Crippen LogP contribution in [0.2, 0.25) is 0 Å². The molecule has 1 aromatic rings. The molecule has 1 heterocycles. The Balaban J connectivity index is 2.79. The van der Waals surface area contributed by atoms with Crippen LogP contribution >= 0.6 is 0 Å². The predicted molar refractivity (Wildman–Crippen MR) is 47.1 cm³/mol. The molecule has 0 aliphatic carbocycles. The molecule has 2 nitrogen and oxygen atoms in total. The van der Waals surface area contributed by atoms with E-state index in [1.807, 2.05) is 13.8 Å². The number of hydrogen-bond donors (Lipinski definition) is 0. The molecule has 62 valence electrons. The molecule has 0 aromatic carbocycles. The minimum atomic E-state index is 0.365. The Labute approximate surface area is 72.4 Å². The van der Waals surface area contributed by atoms with E-state index in [0.29, 0.717) is 5.92 Å². The van der Waals surface area contributed by atoms with Crippen molar-refractivity contribution in [2.75, 3.05) is 0 Å². The minimum absolute atomic E-state index is 0.365. The largest absolute Gasteiger partial charge is 0.619 e. The summed E-state index contributed by atoms with van der Waals surface area (Å²) in [6.45, 7) is 4.06. The van der Waals surface area contributed by atoms with Gasteiger partial charge < -0.3 is 5.21 Å². The van der Waals surface area contributed by atoms with Crippen molar-refractivity contribution >= 4 is 0 Å². The summed E-state index contributed by atoms with van der Waals surface area (Å²) >= 11 is 0. The van der Waals surface area contributed by atoms with Crippen molar-refractivity contribution in [3.05, 3.63) is 35.3 Å². The fourth-order valence-electron chi connectivity index (χ4n) is 0.724. The molecule has 0 aliphatic rings. The molecule has 0 saturated carbocycles. The van der Waals surface area contributed by atoms with E-state index in [2.05, 4.69) is 11.8 Å². The van der Waals surface area contributed by atoms with Gasteiger partial charge in [-0.1, -0.05) is 25.7 Å². The summed E-state index contributed by atoms with van der Waals surface area (Å²) in [6.07, 6.45) is 2.90. The van der Waals surface area contributed by atoms with Gasteiger partial charge in [-0.3, -0.25) is 0 Å². The summed E-state index contributed by atoms with van der Waals surface area (Å²) in [4.78, 5) is 0. The normalized spacial score (nSPS) is 9.25. The molecule has 12 heavy (non-hydrogen) atoms. The monoisotopic (exact) mass is 161 g/mol. The van der Waals surface area contributed by atoms with Crippen LogP contribution in [0.15, 0.2) is 24.5 Å². The Hall–Kier alpha value is -1.49. The standard InChI is InChI=1S/C10H11NO/c1-9(2)3-4-10-5-7-11(12)8-6-10/h5-9H,1-2H3. The summed E-state index contributed by atoms with van der Waals surface area (Å²) in [5, 5.41) is 10.6. The van der Waals surface area contributed by atoms with Gasteiger partial charge >= 0.3 is 0 Å². The predicted octanol–water partition coefficient (Wildman–Crippen LogP) is 1.33. The van der Waals surface area contributed by atoms with Gasteiger partial charge in [-0.05, 0) is 0 Å². The first-order chi connectivity index (χ1) is 5.68. The van der Waals surface area contributed by atoms with E-state index in [0.717, 1.165) is 10.3 Å². The average Bonchev–Trinajstić information content (AvgIpc) is 2.03. The Morgan fingerprint density at radius 1 is 1.33 bits per heavy atom. The molecule has 0 saturated heterocycles. The van der Waals surface area contributed by atoms with Crippen molar-refractivity contribution < 1.29 is 4.73 Å². The van der Waals surface area contributed by atoms with Crippen LogP contribution in [0.1, 0.15) is 19.4 Å². The van der Waals surface area contributed by atoms with Crippen molar-refractivity contribution in [1.29, 1.82) is 0 Å². The summed E-state index contributed by atoms with van der Waals surface area (Å²) < 4.78 is 0.751. The zero-order valence-electron chi connectivity index (χ0n) is 7.24. The lowest BCUT2D eigenvalue weighted by Crippen LogP contribution is -2.23. The van der Waals surface area contributed by atoms with Crippen molar-refractivity contribution in [2.24, 2.45) is 5.92 Å². The van der Waals surface area contributed by atoms with Crippen molar-refractivity contribution in [1.82, 2.24) is 0 Å². The van der Waals surface area contributed by atoms with Gasteiger partial charge in [-0.15, -0.1) is 0 Å². The van der Waals surface area contributed by atoms with Crippen molar-refractivity contribution in [3.8, 4) is 11.8 Å². The molecule has 0 unspecified atom stereocenters. The second kappa shape index (κ2) is 3.77. The summed E-state index contributed by atoms with van der Waals surface area (Å²) in [5.41, 5.74) is 0.885. The maximum atomic E-state index is 10.6. The maximum Gasteiger partial charge on any atom is 0.181 e. The minimum Gasteiger partial charge on any atom is -0.619 e. The first-order valence-corrected chi connectivity index (χ1v) is 3.89. The van der Waals surface area contributed by atoms with Gasteiger partial charge in [0.15, 0.2) is 12.4 Å². The fourth-order valence-corrected chi connectivity index (χ4v) is 0.724. The lowest BCUT2D eigenvalue weighted by Gasteiger charge is -1.93. The Morgan fingerprint density at radius 2 is 1.92 bits per heavy atom. The van der Waals surface area contributed by atoms with E-state index in [-0.39, 0.29) is 0 Å². The third-order valence-electron chi connectivity index (χ3n) is 1.31. The Bertz CT molecular complexity index is 303. The molecule has 1 rings (SSSR count). The van der Waals surface area contributed by atoms with E-state index in [1.165, 1.54) is 12.4 Å². The van der Waals surface area contributed by atoms with Crippen molar-refractivity contribution in [2.45, 2.75) is 13.8 Å². The summed E-state index contributed by atoms with van der Waals surface area (Å²) in [7, 11) is 0. The number of hydrogen-bond acceptors (Lipinski definition) is 1. The number of nitrogens with zero attached hydrogens (tertiary/aromatic N) is 1. The van der Waals surface area contributed by atoms with Gasteiger partial charge in [0.05, 0.1) is 0 Å². The highest BCUT2D eigenvalue weighted by Gasteiger charge is 1.89. The van der Waals surface area contributed by atoms with Crippen molar-refractivity contribution in [3.63, 3.8) is 0 Å². The molecule has 0 radical (unpaired) electrons. The molecular formula is C10H11NO. The van der Waals surface area contributed by atoms with Crippen LogP contribution in [0.3, 0.4) is 0 Å². The SMILES string of the molecule is CC(C)C#Cc1cc[n+]([O-])cc1. The van der Waals surface area contributed by atoms with Crippen LogP contribution in [-0.4, -0.2) is 0 Å². The lowest BCUT2D eigenvalue weighted by atomic mass is 10.2. The average molecular weight is 161 g/mol. The molecule has 2 heteroatoms. The zero-order chi connectivity index (χ0) is 8.97. The molecule has 1 aromatic heterocycles. The van der Waals surface area contributed by atoms with Gasteiger partial charge in [0.2, 0.25) is 0 Å². The third kappa shape index (κ3) is 2.63. The molecule has 0 aliphatic heterocycles. The van der Waals surface area contributed by atoms with Gasteiger partial charge in [0.1, 0.15) is 0 Å². The Kier molecular flexibility index (Phi) is 2.71. The summed E-state index contributed by atoms with van der Waals surface area (Å²) in [5.74, 6) is 6.35. The van der Waals surface area contributed by atoms with E-state index >= 15 is 0 Å². The van der Waals surface area contributed by atoms with E-state index in [1.54, 1.807) is 12.1 Å². The number of aromatic nitrogens is 1. The fraction of sp³-hybridized carbons (Fsp3) is 0.300. The highest BCUT2D eigenvalue weighted by Crippen LogP contribution is 1.93. The number of rotatable bonds is 0. The van der Waals surface area contributed by atoms with Crippen LogP contribution in [0.25, 0.3) is 0 Å². The second-order valence-corrected chi connectivity index (χ2v) is 2.87. The van der Waals surface area contributed by atoms with E-state index < -0.39 is 0 Å². The quantitative estimate of drug-likeness (QED) is 0.320. The van der Waals surface area contributed by atoms with Crippen LogP contribution in [0, 0.1) is 23.0 Å². The Morgan fingerprint density at radius 3 is 2.42 bits per heavy atom. The summed E-state index contributed by atoms with van der Waals surface area (Å²) in [6, 6.07) is 3.42. The molecule has 0 bridgehead atoms. The zero-order valence-corrected chi connectivity index (χ0v) is 7.24. The first kappa shape index (κ1) is 8.61. The van der Waals surface area contributed by atoms with Crippen LogP contribution < -0.4 is 4.73 Å². The third-order valence-corrected chi connectivity index (χ3v) is 1.31. The molecule has 0 atom stereocenters. The van der Waals surface area contributed by atoms with E-state index in [4.69, 9.17) is 0 Å². The van der Waals surface area contributed by atoms with Crippen LogP contribution in [0.4, 0.5) is 0 Å². The highest BCUT2D eigenvalue weighted by atomic mass is 16.5. The second-order valence-electron chi connectivity index (χ2n) is 2.87. The van der Waals surface area contributed by atoms with Gasteiger partial charge in [-0.2, -0.15) is 4.73 Å². The maximum absolute atomic E-state index is 10.6. The topological polar surface area (TPSA) is 26.9 Å².